The molecule has 0 N–H and O–H groups in total. The lowest BCUT2D eigenvalue weighted by molar-refractivity contribution is -0.137. The van der Waals surface area contributed by atoms with Crippen LogP contribution in [0, 0.1) is 6.92 Å². The Morgan fingerprint density at radius 2 is 1.58 bits per heavy atom. The number of fused-ring (bicyclic) bond motifs is 1. The van der Waals surface area contributed by atoms with Crippen LogP contribution in [0.15, 0.2) is 91.1 Å². The van der Waals surface area contributed by atoms with Gasteiger partial charge in [-0.3, -0.25) is 9.69 Å². The lowest BCUT2D eigenvalue weighted by Gasteiger charge is -2.34. The van der Waals surface area contributed by atoms with Crippen LogP contribution in [0.5, 0.6) is 5.75 Å². The Bertz CT molecular complexity index is 1770. The minimum absolute atomic E-state index is 0.257. The Hall–Kier alpha value is -4.63. The molecule has 43 heavy (non-hydrogen) atoms. The highest BCUT2D eigenvalue weighted by molar-refractivity contribution is 5.94. The van der Waals surface area contributed by atoms with E-state index in [0.29, 0.717) is 32.7 Å². The number of ether oxygens (including phenoxy) is 1. The topological polar surface area (TPSA) is 50.1 Å². The summed E-state index contributed by atoms with van der Waals surface area (Å²) in [5.41, 5.74) is 6.56. The predicted molar refractivity (Wildman–Crippen MR) is 160 cm³/mol. The first-order valence-electron chi connectivity index (χ1n) is 14.1. The first-order chi connectivity index (χ1) is 20.7. The minimum Gasteiger partial charge on any atom is -0.497 e. The van der Waals surface area contributed by atoms with Gasteiger partial charge in [0.25, 0.3) is 5.91 Å². The van der Waals surface area contributed by atoms with Crippen LogP contribution in [0.25, 0.3) is 28.0 Å². The van der Waals surface area contributed by atoms with Crippen molar-refractivity contribution in [2.45, 2.75) is 19.6 Å². The van der Waals surface area contributed by atoms with Crippen LogP contribution in [-0.2, 0) is 12.7 Å². The summed E-state index contributed by atoms with van der Waals surface area (Å²) in [6.07, 6.45) is -2.31. The SMILES string of the molecule is COc1cccc(-c2nc3ccc(-c4cccc(C)c4)cn3c2CN2CCN(C(=O)c3ccc(C(F)(F)F)cc3)CC2)c1. The van der Waals surface area contributed by atoms with Crippen LogP contribution in [0.2, 0.25) is 0 Å². The average Bonchev–Trinajstić information content (AvgIpc) is 3.38. The monoisotopic (exact) mass is 584 g/mol. The highest BCUT2D eigenvalue weighted by Crippen LogP contribution is 2.31. The normalized spacial score (nSPS) is 14.3. The number of hydrogen-bond donors (Lipinski definition) is 0. The number of alkyl halides is 3. The maximum atomic E-state index is 13.1. The second kappa shape index (κ2) is 11.6. The van der Waals surface area contributed by atoms with Crippen molar-refractivity contribution >= 4 is 11.6 Å². The van der Waals surface area contributed by atoms with Gasteiger partial charge in [-0.25, -0.2) is 4.98 Å². The van der Waals surface area contributed by atoms with Crippen molar-refractivity contribution in [2.24, 2.45) is 0 Å². The molecule has 1 aliphatic heterocycles. The van der Waals surface area contributed by atoms with Crippen LogP contribution in [0.1, 0.15) is 27.2 Å². The van der Waals surface area contributed by atoms with E-state index in [4.69, 9.17) is 9.72 Å². The molecule has 3 heterocycles. The smallest absolute Gasteiger partial charge is 0.416 e. The number of halogens is 3. The van der Waals surface area contributed by atoms with Crippen LogP contribution in [-0.4, -0.2) is 58.4 Å². The molecule has 0 aliphatic carbocycles. The second-order valence-electron chi connectivity index (χ2n) is 10.8. The molecule has 2 aromatic heterocycles. The zero-order chi connectivity index (χ0) is 30.1. The number of hydrogen-bond acceptors (Lipinski definition) is 4. The molecule has 0 radical (unpaired) electrons. The standard InChI is InChI=1S/C34H31F3N4O2/c1-23-5-3-6-25(19-23)27-11-14-31-38-32(26-7-4-8-29(20-26)43-2)30(41(31)21-27)22-39-15-17-40(18-16-39)33(42)24-9-12-28(13-10-24)34(35,36)37/h3-14,19-21H,15-18,22H2,1-2H3. The number of amides is 1. The van der Waals surface area contributed by atoms with Crippen molar-refractivity contribution < 1.29 is 22.7 Å². The van der Waals surface area contributed by atoms with Gasteiger partial charge in [0.1, 0.15) is 11.4 Å². The van der Waals surface area contributed by atoms with Gasteiger partial charge in [0.2, 0.25) is 0 Å². The van der Waals surface area contributed by atoms with Crippen molar-refractivity contribution in [3.05, 3.63) is 114 Å². The largest absolute Gasteiger partial charge is 0.497 e. The predicted octanol–water partition coefficient (Wildman–Crippen LogP) is 6.96. The van der Waals surface area contributed by atoms with Crippen molar-refractivity contribution in [3.8, 4) is 28.1 Å². The van der Waals surface area contributed by atoms with E-state index in [2.05, 4.69) is 52.8 Å². The van der Waals surface area contributed by atoms with Crippen molar-refractivity contribution in [1.82, 2.24) is 19.2 Å². The maximum Gasteiger partial charge on any atom is 0.416 e. The van der Waals surface area contributed by atoms with E-state index in [-0.39, 0.29) is 11.5 Å². The van der Waals surface area contributed by atoms with Crippen LogP contribution in [0.3, 0.4) is 0 Å². The molecule has 220 valence electrons. The highest BCUT2D eigenvalue weighted by atomic mass is 19.4. The summed E-state index contributed by atoms with van der Waals surface area (Å²) in [5, 5.41) is 0. The fourth-order valence-electron chi connectivity index (χ4n) is 5.55. The third kappa shape index (κ3) is 5.99. The molecule has 0 saturated carbocycles. The molecule has 1 amide bonds. The molecular formula is C34H31F3N4O2. The van der Waals surface area contributed by atoms with Gasteiger partial charge in [-0.05, 0) is 66.6 Å². The van der Waals surface area contributed by atoms with E-state index in [1.54, 1.807) is 12.0 Å². The summed E-state index contributed by atoms with van der Waals surface area (Å²) >= 11 is 0. The summed E-state index contributed by atoms with van der Waals surface area (Å²) in [6.45, 7) is 4.86. The number of carbonyl (C=O) groups is 1. The van der Waals surface area contributed by atoms with Gasteiger partial charge in [-0.15, -0.1) is 0 Å². The summed E-state index contributed by atoms with van der Waals surface area (Å²) in [5.74, 6) is 0.486. The number of pyridine rings is 1. The number of imidazole rings is 1. The number of rotatable bonds is 6. The summed E-state index contributed by atoms with van der Waals surface area (Å²) in [6, 6.07) is 24.8. The Morgan fingerprint density at radius 1 is 0.860 bits per heavy atom. The zero-order valence-corrected chi connectivity index (χ0v) is 23.9. The van der Waals surface area contributed by atoms with Crippen LogP contribution in [0.4, 0.5) is 13.2 Å². The fourth-order valence-corrected chi connectivity index (χ4v) is 5.55. The van der Waals surface area contributed by atoms with Crippen molar-refractivity contribution in [2.75, 3.05) is 33.3 Å². The molecule has 0 spiro atoms. The quantitative estimate of drug-likeness (QED) is 0.217. The Kier molecular flexibility index (Phi) is 7.66. The van der Waals surface area contributed by atoms with E-state index >= 15 is 0 Å². The Labute approximate surface area is 248 Å². The number of benzene rings is 3. The van der Waals surface area contributed by atoms with E-state index in [1.165, 1.54) is 17.7 Å². The molecule has 9 heteroatoms. The number of nitrogens with zero attached hydrogens (tertiary/aromatic N) is 4. The third-order valence-corrected chi connectivity index (χ3v) is 7.90. The second-order valence-corrected chi connectivity index (χ2v) is 10.8. The Morgan fingerprint density at radius 3 is 2.28 bits per heavy atom. The number of aromatic nitrogens is 2. The number of aryl methyl sites for hydroxylation is 1. The fraction of sp³-hybridized carbons (Fsp3) is 0.235. The average molecular weight is 585 g/mol. The van der Waals surface area contributed by atoms with Gasteiger partial charge < -0.3 is 14.0 Å². The van der Waals surface area contributed by atoms with E-state index in [1.807, 2.05) is 30.3 Å². The molecule has 6 rings (SSSR count). The highest BCUT2D eigenvalue weighted by Gasteiger charge is 2.31. The van der Waals surface area contributed by atoms with Crippen molar-refractivity contribution in [3.63, 3.8) is 0 Å². The van der Waals surface area contributed by atoms with Gasteiger partial charge >= 0.3 is 6.18 Å². The molecule has 6 nitrogen and oxygen atoms in total. The molecule has 0 unspecified atom stereocenters. The first-order valence-corrected chi connectivity index (χ1v) is 14.1. The number of methoxy groups -OCH3 is 1. The molecule has 5 aromatic rings. The van der Waals surface area contributed by atoms with Crippen molar-refractivity contribution in [1.29, 1.82) is 0 Å². The Balaban J connectivity index is 1.27. The summed E-state index contributed by atoms with van der Waals surface area (Å²) in [7, 11) is 1.64. The molecule has 3 aromatic carbocycles. The van der Waals surface area contributed by atoms with E-state index in [0.717, 1.165) is 51.6 Å². The third-order valence-electron chi connectivity index (χ3n) is 7.90. The molecule has 1 fully saturated rings. The molecule has 1 aliphatic rings. The van der Waals surface area contributed by atoms with E-state index < -0.39 is 11.7 Å². The van der Waals surface area contributed by atoms with Gasteiger partial charge in [-0.2, -0.15) is 13.2 Å². The van der Waals surface area contributed by atoms with Gasteiger partial charge in [0.15, 0.2) is 0 Å². The summed E-state index contributed by atoms with van der Waals surface area (Å²) in [4.78, 5) is 22.1. The maximum absolute atomic E-state index is 13.1. The van der Waals surface area contributed by atoms with Gasteiger partial charge in [0.05, 0.1) is 24.1 Å². The lowest BCUT2D eigenvalue weighted by Crippen LogP contribution is -2.48. The molecular weight excluding hydrogens is 553 g/mol. The molecule has 1 saturated heterocycles. The molecule has 0 atom stereocenters. The zero-order valence-electron chi connectivity index (χ0n) is 23.9. The van der Waals surface area contributed by atoms with Crippen LogP contribution < -0.4 is 4.74 Å². The number of carbonyl (C=O) groups excluding carboxylic acids is 1. The van der Waals surface area contributed by atoms with Gasteiger partial charge in [0, 0.05) is 50.0 Å². The van der Waals surface area contributed by atoms with Crippen LogP contribution >= 0.6 is 0 Å². The number of piperazine rings is 1. The minimum atomic E-state index is -4.43. The summed E-state index contributed by atoms with van der Waals surface area (Å²) < 4.78 is 46.5. The first kappa shape index (κ1) is 28.5. The van der Waals surface area contributed by atoms with Gasteiger partial charge in [-0.1, -0.05) is 42.0 Å². The lowest BCUT2D eigenvalue weighted by atomic mass is 10.1. The molecule has 0 bridgehead atoms. The van der Waals surface area contributed by atoms with E-state index in [9.17, 15) is 18.0 Å².